The van der Waals surface area contributed by atoms with E-state index in [2.05, 4.69) is 47.7 Å². The summed E-state index contributed by atoms with van der Waals surface area (Å²) in [5.74, 6) is -0.814. The molecule has 0 bridgehead atoms. The molecule has 124 valence electrons. The third-order valence-corrected chi connectivity index (χ3v) is 4.10. The van der Waals surface area contributed by atoms with Gasteiger partial charge in [-0.1, -0.05) is 28.1 Å². The van der Waals surface area contributed by atoms with E-state index in [4.69, 9.17) is 0 Å². The number of carbonyl (C=O) groups excluding carboxylic acids is 2. The van der Waals surface area contributed by atoms with Gasteiger partial charge in [-0.25, -0.2) is 5.43 Å². The Balaban J connectivity index is 1.85. The van der Waals surface area contributed by atoms with Crippen molar-refractivity contribution < 1.29 is 14.7 Å². The summed E-state index contributed by atoms with van der Waals surface area (Å²) >= 11 is 6.55. The number of rotatable bonds is 5. The van der Waals surface area contributed by atoms with E-state index in [1.165, 1.54) is 12.3 Å². The highest BCUT2D eigenvalue weighted by Crippen LogP contribution is 2.19. The molecule has 2 rings (SSSR count). The summed E-state index contributed by atoms with van der Waals surface area (Å²) in [6.45, 7) is -0.220. The highest BCUT2D eigenvalue weighted by Gasteiger charge is 2.10. The van der Waals surface area contributed by atoms with E-state index >= 15 is 0 Å². The lowest BCUT2D eigenvalue weighted by Gasteiger charge is -2.05. The average molecular weight is 455 g/mol. The molecule has 0 saturated heterocycles. The second-order valence-electron chi connectivity index (χ2n) is 4.66. The van der Waals surface area contributed by atoms with Gasteiger partial charge in [0.1, 0.15) is 5.75 Å². The number of hydrogen-bond acceptors (Lipinski definition) is 4. The Morgan fingerprint density at radius 1 is 1.17 bits per heavy atom. The van der Waals surface area contributed by atoms with Crippen molar-refractivity contribution in [2.75, 3.05) is 6.54 Å². The normalized spacial score (nSPS) is 10.6. The molecule has 0 aliphatic rings. The number of phenols is 1. The number of nitrogens with zero attached hydrogens (tertiary/aromatic N) is 1. The molecule has 0 saturated carbocycles. The Morgan fingerprint density at radius 3 is 2.67 bits per heavy atom. The zero-order chi connectivity index (χ0) is 17.5. The van der Waals surface area contributed by atoms with Gasteiger partial charge in [0.15, 0.2) is 0 Å². The number of benzene rings is 2. The van der Waals surface area contributed by atoms with Gasteiger partial charge in [-0.2, -0.15) is 5.10 Å². The van der Waals surface area contributed by atoms with Crippen LogP contribution in [0.5, 0.6) is 5.75 Å². The van der Waals surface area contributed by atoms with Crippen LogP contribution >= 0.6 is 31.9 Å². The number of phenolic OH excluding ortho intramolecular Hbond substituents is 1. The fourth-order valence-electron chi connectivity index (χ4n) is 1.74. The smallest absolute Gasteiger partial charge is 0.259 e. The van der Waals surface area contributed by atoms with Crippen LogP contribution in [0.1, 0.15) is 15.9 Å². The van der Waals surface area contributed by atoms with Gasteiger partial charge in [0.2, 0.25) is 0 Å². The Morgan fingerprint density at radius 2 is 1.92 bits per heavy atom. The van der Waals surface area contributed by atoms with Crippen LogP contribution in [-0.2, 0) is 4.79 Å². The van der Waals surface area contributed by atoms with Crippen LogP contribution in [0.25, 0.3) is 0 Å². The maximum absolute atomic E-state index is 11.9. The first kappa shape index (κ1) is 18.2. The van der Waals surface area contributed by atoms with Crippen LogP contribution in [0.15, 0.2) is 56.5 Å². The van der Waals surface area contributed by atoms with Gasteiger partial charge < -0.3 is 10.4 Å². The Hall–Kier alpha value is -2.19. The fourth-order valence-corrected chi connectivity index (χ4v) is 2.59. The number of hydrogen-bond donors (Lipinski definition) is 3. The highest BCUT2D eigenvalue weighted by molar-refractivity contribution is 9.10. The standard InChI is InChI=1S/C16H13Br2N3O3/c17-11-5-6-14(22)10(7-11)8-20-21-15(23)9-19-16(24)12-3-1-2-4-13(12)18/h1-8,22H,9H2,(H,19,24)(H,21,23)/b20-8-. The zero-order valence-electron chi connectivity index (χ0n) is 12.3. The van der Waals surface area contributed by atoms with Gasteiger partial charge >= 0.3 is 0 Å². The third kappa shape index (κ3) is 5.17. The molecule has 2 aromatic carbocycles. The first-order chi connectivity index (χ1) is 11.5. The quantitative estimate of drug-likeness (QED) is 0.479. The minimum Gasteiger partial charge on any atom is -0.507 e. The average Bonchev–Trinajstić information content (AvgIpc) is 2.56. The lowest BCUT2D eigenvalue weighted by molar-refractivity contribution is -0.120. The second-order valence-corrected chi connectivity index (χ2v) is 6.43. The molecule has 24 heavy (non-hydrogen) atoms. The summed E-state index contributed by atoms with van der Waals surface area (Å²) in [7, 11) is 0. The maximum atomic E-state index is 11.9. The molecule has 0 radical (unpaired) electrons. The van der Waals surface area contributed by atoms with E-state index in [9.17, 15) is 14.7 Å². The second kappa shape index (κ2) is 8.60. The summed E-state index contributed by atoms with van der Waals surface area (Å²) in [6, 6.07) is 11.7. The van der Waals surface area contributed by atoms with Gasteiger partial charge in [-0.3, -0.25) is 9.59 Å². The van der Waals surface area contributed by atoms with Crippen molar-refractivity contribution in [1.29, 1.82) is 0 Å². The van der Waals surface area contributed by atoms with Gasteiger partial charge in [-0.15, -0.1) is 0 Å². The summed E-state index contributed by atoms with van der Waals surface area (Å²) in [5, 5.41) is 15.9. The lowest BCUT2D eigenvalue weighted by atomic mass is 10.2. The highest BCUT2D eigenvalue weighted by atomic mass is 79.9. The molecule has 3 N–H and O–H groups in total. The molecule has 0 unspecified atom stereocenters. The molecule has 0 aromatic heterocycles. The molecular weight excluding hydrogens is 442 g/mol. The summed E-state index contributed by atoms with van der Waals surface area (Å²) < 4.78 is 1.42. The molecule has 2 aromatic rings. The first-order valence-corrected chi connectivity index (χ1v) is 8.39. The van der Waals surface area contributed by atoms with Gasteiger partial charge in [-0.05, 0) is 46.3 Å². The molecule has 0 aliphatic carbocycles. The van der Waals surface area contributed by atoms with Gasteiger partial charge in [0.05, 0.1) is 18.3 Å². The summed E-state index contributed by atoms with van der Waals surface area (Å²) in [4.78, 5) is 23.6. The third-order valence-electron chi connectivity index (χ3n) is 2.91. The Bertz CT molecular complexity index is 794. The first-order valence-electron chi connectivity index (χ1n) is 6.80. The van der Waals surface area contributed by atoms with Crippen molar-refractivity contribution in [3.8, 4) is 5.75 Å². The molecule has 0 fully saturated rings. The number of aromatic hydroxyl groups is 1. The van der Waals surface area contributed by atoms with Crippen LogP contribution in [0.4, 0.5) is 0 Å². The van der Waals surface area contributed by atoms with Crippen molar-refractivity contribution in [2.24, 2.45) is 5.10 Å². The number of amides is 2. The molecule has 0 atom stereocenters. The van der Waals surface area contributed by atoms with E-state index in [-0.39, 0.29) is 18.2 Å². The molecule has 6 nitrogen and oxygen atoms in total. The number of hydrazone groups is 1. The van der Waals surface area contributed by atoms with Crippen LogP contribution in [0, 0.1) is 0 Å². The fraction of sp³-hybridized carbons (Fsp3) is 0.0625. The molecule has 0 aliphatic heterocycles. The van der Waals surface area contributed by atoms with Crippen LogP contribution < -0.4 is 10.7 Å². The van der Waals surface area contributed by atoms with Crippen molar-refractivity contribution in [1.82, 2.24) is 10.7 Å². The predicted molar refractivity (Wildman–Crippen MR) is 98.0 cm³/mol. The van der Waals surface area contributed by atoms with Crippen LogP contribution in [0.2, 0.25) is 0 Å². The monoisotopic (exact) mass is 453 g/mol. The van der Waals surface area contributed by atoms with E-state index in [0.717, 1.165) is 4.47 Å². The predicted octanol–water partition coefficient (Wildman–Crippen LogP) is 2.80. The van der Waals surface area contributed by atoms with Crippen LogP contribution in [-0.4, -0.2) is 29.7 Å². The summed E-state index contributed by atoms with van der Waals surface area (Å²) in [5.41, 5.74) is 3.16. The molecule has 2 amide bonds. The minimum atomic E-state index is -0.485. The lowest BCUT2D eigenvalue weighted by Crippen LogP contribution is -2.35. The van der Waals surface area contributed by atoms with Crippen molar-refractivity contribution >= 4 is 49.9 Å². The number of halogens is 2. The number of carbonyl (C=O) groups is 2. The van der Waals surface area contributed by atoms with Crippen molar-refractivity contribution in [3.05, 3.63) is 62.5 Å². The number of nitrogens with one attached hydrogen (secondary N) is 2. The van der Waals surface area contributed by atoms with E-state index < -0.39 is 5.91 Å². The Kier molecular flexibility index (Phi) is 6.51. The topological polar surface area (TPSA) is 90.8 Å². The van der Waals surface area contributed by atoms with E-state index in [1.807, 2.05) is 0 Å². The minimum absolute atomic E-state index is 0.0402. The van der Waals surface area contributed by atoms with Gasteiger partial charge in [0, 0.05) is 14.5 Å². The van der Waals surface area contributed by atoms with Gasteiger partial charge in [0.25, 0.3) is 11.8 Å². The Labute approximate surface area is 155 Å². The molecular formula is C16H13Br2N3O3. The molecule has 8 heteroatoms. The zero-order valence-corrected chi connectivity index (χ0v) is 15.5. The maximum Gasteiger partial charge on any atom is 0.259 e. The van der Waals surface area contributed by atoms with Crippen molar-refractivity contribution in [2.45, 2.75) is 0 Å². The van der Waals surface area contributed by atoms with Crippen LogP contribution in [0.3, 0.4) is 0 Å². The molecule has 0 heterocycles. The van der Waals surface area contributed by atoms with E-state index in [1.54, 1.807) is 36.4 Å². The summed E-state index contributed by atoms with van der Waals surface area (Å²) in [6.07, 6.45) is 1.31. The SMILES string of the molecule is O=C(CNC(=O)c1ccccc1Br)N/N=C\c1cc(Br)ccc1O. The van der Waals surface area contributed by atoms with E-state index in [0.29, 0.717) is 15.6 Å². The molecule has 0 spiro atoms. The largest absolute Gasteiger partial charge is 0.507 e. The van der Waals surface area contributed by atoms with Crippen molar-refractivity contribution in [3.63, 3.8) is 0 Å².